The maximum absolute atomic E-state index is 11.8. The van der Waals surface area contributed by atoms with Crippen molar-refractivity contribution in [3.8, 4) is 0 Å². The maximum Gasteiger partial charge on any atom is 0.243 e. The number of amides is 1. The lowest BCUT2D eigenvalue weighted by molar-refractivity contribution is -0.127. The van der Waals surface area contributed by atoms with Gasteiger partial charge in [0.2, 0.25) is 5.91 Å². The van der Waals surface area contributed by atoms with Crippen LogP contribution in [0.25, 0.3) is 0 Å². The molecule has 0 saturated carbocycles. The van der Waals surface area contributed by atoms with E-state index in [9.17, 15) is 4.79 Å². The zero-order valence-corrected chi connectivity index (χ0v) is 19.5. The SMILES string of the molecule is CN(C)C(=O)CN=C(NCCc1ccco1)NCC(C)(C)c1cccs1.I. The van der Waals surface area contributed by atoms with E-state index in [4.69, 9.17) is 4.42 Å². The first-order valence-electron chi connectivity index (χ1n) is 8.67. The predicted molar refractivity (Wildman–Crippen MR) is 122 cm³/mol. The topological polar surface area (TPSA) is 69.9 Å². The zero-order chi connectivity index (χ0) is 19.0. The molecule has 2 aromatic rings. The average molecular weight is 504 g/mol. The summed E-state index contributed by atoms with van der Waals surface area (Å²) < 4.78 is 5.35. The molecule has 0 aromatic carbocycles. The minimum absolute atomic E-state index is 0. The Morgan fingerprint density at radius 3 is 2.63 bits per heavy atom. The van der Waals surface area contributed by atoms with Gasteiger partial charge in [-0.2, -0.15) is 0 Å². The monoisotopic (exact) mass is 504 g/mol. The van der Waals surface area contributed by atoms with Gasteiger partial charge in [0.05, 0.1) is 6.26 Å². The first-order valence-corrected chi connectivity index (χ1v) is 9.55. The molecule has 0 unspecified atom stereocenters. The number of nitrogens with one attached hydrogen (secondary N) is 2. The third-order valence-corrected chi connectivity index (χ3v) is 5.24. The van der Waals surface area contributed by atoms with Crippen LogP contribution >= 0.6 is 35.3 Å². The highest BCUT2D eigenvalue weighted by Gasteiger charge is 2.22. The summed E-state index contributed by atoms with van der Waals surface area (Å²) in [6.07, 6.45) is 2.42. The number of carbonyl (C=O) groups is 1. The summed E-state index contributed by atoms with van der Waals surface area (Å²) in [6, 6.07) is 8.03. The number of likely N-dealkylation sites (N-methyl/N-ethyl adjacent to an activating group) is 1. The quantitative estimate of drug-likeness (QED) is 0.330. The smallest absolute Gasteiger partial charge is 0.243 e. The predicted octanol–water partition coefficient (Wildman–Crippen LogP) is 3.10. The van der Waals surface area contributed by atoms with Gasteiger partial charge in [-0.05, 0) is 23.6 Å². The van der Waals surface area contributed by atoms with Crippen molar-refractivity contribution in [3.05, 3.63) is 46.5 Å². The lowest BCUT2D eigenvalue weighted by atomic mass is 9.91. The van der Waals surface area contributed by atoms with Crippen LogP contribution in [0.5, 0.6) is 0 Å². The highest BCUT2D eigenvalue weighted by Crippen LogP contribution is 2.26. The van der Waals surface area contributed by atoms with Gasteiger partial charge in [-0.1, -0.05) is 19.9 Å². The molecule has 0 radical (unpaired) electrons. The third kappa shape index (κ3) is 7.92. The number of aliphatic imine (C=N–C) groups is 1. The Labute approximate surface area is 182 Å². The molecule has 0 saturated heterocycles. The third-order valence-electron chi connectivity index (χ3n) is 4.00. The molecule has 0 aliphatic heterocycles. The lowest BCUT2D eigenvalue weighted by Gasteiger charge is -2.25. The zero-order valence-electron chi connectivity index (χ0n) is 16.3. The minimum Gasteiger partial charge on any atom is -0.469 e. The molecule has 2 rings (SSSR count). The van der Waals surface area contributed by atoms with Gasteiger partial charge in [0.1, 0.15) is 12.3 Å². The van der Waals surface area contributed by atoms with Crippen molar-refractivity contribution in [2.45, 2.75) is 25.7 Å². The van der Waals surface area contributed by atoms with Crippen LogP contribution in [0.2, 0.25) is 0 Å². The van der Waals surface area contributed by atoms with Gasteiger partial charge < -0.3 is 20.0 Å². The molecule has 0 fully saturated rings. The van der Waals surface area contributed by atoms with Gasteiger partial charge in [0.25, 0.3) is 0 Å². The molecule has 0 bridgehead atoms. The summed E-state index contributed by atoms with van der Waals surface area (Å²) in [4.78, 5) is 19.1. The van der Waals surface area contributed by atoms with Crippen LogP contribution in [0.15, 0.2) is 45.3 Å². The fourth-order valence-electron chi connectivity index (χ4n) is 2.28. The van der Waals surface area contributed by atoms with E-state index in [1.807, 2.05) is 12.1 Å². The van der Waals surface area contributed by atoms with Gasteiger partial charge in [-0.3, -0.25) is 4.79 Å². The highest BCUT2D eigenvalue weighted by atomic mass is 127. The van der Waals surface area contributed by atoms with E-state index in [-0.39, 0.29) is 41.8 Å². The van der Waals surface area contributed by atoms with Crippen LogP contribution in [0.3, 0.4) is 0 Å². The van der Waals surface area contributed by atoms with Crippen LogP contribution in [-0.4, -0.2) is 50.5 Å². The Morgan fingerprint density at radius 2 is 2.04 bits per heavy atom. The summed E-state index contributed by atoms with van der Waals surface area (Å²) in [6.45, 7) is 5.89. The fourth-order valence-corrected chi connectivity index (χ4v) is 3.13. The second-order valence-electron chi connectivity index (χ2n) is 6.92. The van der Waals surface area contributed by atoms with E-state index < -0.39 is 0 Å². The molecular weight excluding hydrogens is 475 g/mol. The Morgan fingerprint density at radius 1 is 1.26 bits per heavy atom. The molecule has 6 nitrogen and oxygen atoms in total. The molecule has 8 heteroatoms. The number of rotatable bonds is 8. The average Bonchev–Trinajstić information content (AvgIpc) is 3.30. The normalized spacial score (nSPS) is 11.6. The summed E-state index contributed by atoms with van der Waals surface area (Å²) in [5.74, 6) is 1.52. The lowest BCUT2D eigenvalue weighted by Crippen LogP contribution is -2.44. The molecule has 27 heavy (non-hydrogen) atoms. The van der Waals surface area contributed by atoms with E-state index in [1.54, 1.807) is 36.6 Å². The van der Waals surface area contributed by atoms with Crippen molar-refractivity contribution in [1.29, 1.82) is 0 Å². The molecule has 0 atom stereocenters. The van der Waals surface area contributed by atoms with Crippen LogP contribution in [0.1, 0.15) is 24.5 Å². The molecule has 0 spiro atoms. The molecule has 2 aromatic heterocycles. The summed E-state index contributed by atoms with van der Waals surface area (Å²) in [7, 11) is 3.46. The van der Waals surface area contributed by atoms with Gasteiger partial charge in [0.15, 0.2) is 5.96 Å². The van der Waals surface area contributed by atoms with Crippen LogP contribution in [-0.2, 0) is 16.6 Å². The number of carbonyl (C=O) groups excluding carboxylic acids is 1. The van der Waals surface area contributed by atoms with Gasteiger partial charge in [-0.15, -0.1) is 35.3 Å². The van der Waals surface area contributed by atoms with E-state index in [0.717, 1.165) is 18.7 Å². The standard InChI is InChI=1S/C19H28N4O2S.HI/c1-19(2,16-8-6-12-26-16)14-22-18(21-13-17(24)23(3)4)20-10-9-15-7-5-11-25-15;/h5-8,11-12H,9-10,13-14H2,1-4H3,(H2,20,21,22);1H. The minimum atomic E-state index is -0.0327. The van der Waals surface area contributed by atoms with Gasteiger partial charge in [0, 0.05) is 43.9 Å². The molecule has 1 amide bonds. The molecule has 2 heterocycles. The first kappa shape index (κ1) is 23.5. The van der Waals surface area contributed by atoms with E-state index in [0.29, 0.717) is 12.5 Å². The Balaban J connectivity index is 0.00000364. The molecule has 2 N–H and O–H groups in total. The second-order valence-corrected chi connectivity index (χ2v) is 7.87. The number of furan rings is 1. The van der Waals surface area contributed by atoms with Gasteiger partial charge in [-0.25, -0.2) is 4.99 Å². The molecule has 0 aliphatic rings. The van der Waals surface area contributed by atoms with Crippen molar-refractivity contribution >= 4 is 47.2 Å². The van der Waals surface area contributed by atoms with E-state index in [2.05, 4.69) is 47.0 Å². The van der Waals surface area contributed by atoms with Crippen LogP contribution < -0.4 is 10.6 Å². The molecule has 0 aliphatic carbocycles. The van der Waals surface area contributed by atoms with Crippen molar-refractivity contribution in [1.82, 2.24) is 15.5 Å². The van der Waals surface area contributed by atoms with E-state index in [1.165, 1.54) is 4.88 Å². The summed E-state index contributed by atoms with van der Waals surface area (Å²) in [5, 5.41) is 8.74. The Hall–Kier alpha value is -1.55. The maximum atomic E-state index is 11.8. The number of hydrogen-bond donors (Lipinski definition) is 2. The number of thiophene rings is 1. The van der Waals surface area contributed by atoms with Crippen molar-refractivity contribution in [2.24, 2.45) is 4.99 Å². The number of nitrogens with zero attached hydrogens (tertiary/aromatic N) is 2. The second kappa shape index (κ2) is 11.3. The number of halogens is 1. The van der Waals surface area contributed by atoms with Crippen LogP contribution in [0.4, 0.5) is 0 Å². The van der Waals surface area contributed by atoms with E-state index >= 15 is 0 Å². The summed E-state index contributed by atoms with van der Waals surface area (Å²) in [5.41, 5.74) is -0.0246. The molecular formula is C19H29IN4O2S. The first-order chi connectivity index (χ1) is 12.4. The summed E-state index contributed by atoms with van der Waals surface area (Å²) >= 11 is 1.75. The van der Waals surface area contributed by atoms with Gasteiger partial charge >= 0.3 is 0 Å². The number of hydrogen-bond acceptors (Lipinski definition) is 4. The Kier molecular flexibility index (Phi) is 9.86. The fraction of sp³-hybridized carbons (Fsp3) is 0.474. The van der Waals surface area contributed by atoms with Crippen molar-refractivity contribution in [2.75, 3.05) is 33.7 Å². The van der Waals surface area contributed by atoms with Crippen molar-refractivity contribution < 1.29 is 9.21 Å². The molecule has 150 valence electrons. The van der Waals surface area contributed by atoms with Crippen LogP contribution in [0, 0.1) is 0 Å². The Bertz CT molecular complexity index is 697. The van der Waals surface area contributed by atoms with Crippen molar-refractivity contribution in [3.63, 3.8) is 0 Å². The highest BCUT2D eigenvalue weighted by molar-refractivity contribution is 14.0. The number of guanidine groups is 1. The largest absolute Gasteiger partial charge is 0.469 e.